The zero-order chi connectivity index (χ0) is 18.1. The third-order valence-electron chi connectivity index (χ3n) is 3.91. The van der Waals surface area contributed by atoms with E-state index in [9.17, 15) is 9.59 Å². The van der Waals surface area contributed by atoms with Crippen LogP contribution < -0.4 is 16.1 Å². The zero-order valence-corrected chi connectivity index (χ0v) is 15.1. The molecule has 25 heavy (non-hydrogen) atoms. The normalized spacial score (nSPS) is 17.2. The van der Waals surface area contributed by atoms with Gasteiger partial charge in [0.15, 0.2) is 5.11 Å². The summed E-state index contributed by atoms with van der Waals surface area (Å²) in [6.07, 6.45) is 8.34. The van der Waals surface area contributed by atoms with Crippen LogP contribution in [-0.4, -0.2) is 33.7 Å². The molecule has 7 nitrogen and oxygen atoms in total. The van der Waals surface area contributed by atoms with Gasteiger partial charge in [-0.3, -0.25) is 14.6 Å². The molecule has 8 heteroatoms. The molecule has 1 atom stereocenters. The Morgan fingerprint density at radius 2 is 2.08 bits per heavy atom. The Kier molecular flexibility index (Phi) is 7.46. The third-order valence-corrected chi connectivity index (χ3v) is 4.13. The molecule has 0 unspecified atom stereocenters. The lowest BCUT2D eigenvalue weighted by molar-refractivity contribution is -0.120. The number of nitrogens with zero attached hydrogens (tertiary/aromatic N) is 2. The largest absolute Gasteiger partial charge is 0.351 e. The van der Waals surface area contributed by atoms with Gasteiger partial charge in [-0.2, -0.15) is 5.10 Å². The van der Waals surface area contributed by atoms with Crippen molar-refractivity contribution in [2.45, 2.75) is 51.5 Å². The number of hydrogen-bond donors (Lipinski definition) is 3. The molecule has 1 aromatic heterocycles. The highest BCUT2D eigenvalue weighted by Gasteiger charge is 2.26. The number of pyridine rings is 1. The number of amides is 2. The second-order valence-corrected chi connectivity index (χ2v) is 6.27. The van der Waals surface area contributed by atoms with Crippen molar-refractivity contribution in [2.24, 2.45) is 5.10 Å². The second kappa shape index (κ2) is 9.83. The lowest BCUT2D eigenvalue weighted by atomic mass is 10.0. The highest BCUT2D eigenvalue weighted by atomic mass is 32.1. The first-order valence-electron chi connectivity index (χ1n) is 8.47. The van der Waals surface area contributed by atoms with E-state index in [0.29, 0.717) is 23.5 Å². The van der Waals surface area contributed by atoms with Gasteiger partial charge in [0, 0.05) is 23.7 Å². The minimum atomic E-state index is -0.334. The SMILES string of the molecule is CCCCC/C(CC[C@H]1NC(=S)NC1=O)=N\NC(=O)c1ccncc1. The summed E-state index contributed by atoms with van der Waals surface area (Å²) >= 11 is 4.94. The minimum Gasteiger partial charge on any atom is -0.351 e. The van der Waals surface area contributed by atoms with Crippen LogP contribution in [0.5, 0.6) is 0 Å². The molecule has 0 saturated carbocycles. The van der Waals surface area contributed by atoms with Gasteiger partial charge < -0.3 is 10.6 Å². The molecule has 1 aliphatic rings. The standard InChI is InChI=1S/C17H23N5O2S/c1-2-3-4-5-13(6-7-14-16(24)20-17(25)19-14)21-22-15(23)12-8-10-18-11-9-12/h8-11,14H,2-7H2,1H3,(H,22,23)(H2,19,20,24,25)/b21-13+/t14-/m1/s1. The van der Waals surface area contributed by atoms with Crippen molar-refractivity contribution in [3.8, 4) is 0 Å². The molecule has 0 aliphatic carbocycles. The van der Waals surface area contributed by atoms with E-state index >= 15 is 0 Å². The van der Waals surface area contributed by atoms with Gasteiger partial charge in [-0.25, -0.2) is 5.43 Å². The molecule has 2 heterocycles. The van der Waals surface area contributed by atoms with Gasteiger partial charge >= 0.3 is 0 Å². The summed E-state index contributed by atoms with van der Waals surface area (Å²) in [5.74, 6) is -0.382. The van der Waals surface area contributed by atoms with E-state index in [0.717, 1.165) is 31.4 Å². The van der Waals surface area contributed by atoms with E-state index < -0.39 is 0 Å². The fraction of sp³-hybridized carbons (Fsp3) is 0.471. The molecule has 0 spiro atoms. The maximum Gasteiger partial charge on any atom is 0.271 e. The quantitative estimate of drug-likeness (QED) is 0.270. The molecule has 1 aromatic rings. The van der Waals surface area contributed by atoms with Crippen molar-refractivity contribution >= 4 is 34.9 Å². The zero-order valence-electron chi connectivity index (χ0n) is 14.2. The topological polar surface area (TPSA) is 95.5 Å². The summed E-state index contributed by atoms with van der Waals surface area (Å²) < 4.78 is 0. The maximum atomic E-state index is 12.1. The first kappa shape index (κ1) is 19.0. The van der Waals surface area contributed by atoms with E-state index in [1.54, 1.807) is 24.5 Å². The molecule has 0 radical (unpaired) electrons. The van der Waals surface area contributed by atoms with Gasteiger partial charge in [-0.1, -0.05) is 19.8 Å². The number of hydrogen-bond acceptors (Lipinski definition) is 5. The average Bonchev–Trinajstić information content (AvgIpc) is 2.94. The second-order valence-electron chi connectivity index (χ2n) is 5.87. The Labute approximate surface area is 152 Å². The van der Waals surface area contributed by atoms with Crippen molar-refractivity contribution in [1.29, 1.82) is 0 Å². The van der Waals surface area contributed by atoms with Crippen molar-refractivity contribution in [3.05, 3.63) is 30.1 Å². The van der Waals surface area contributed by atoms with Crippen LogP contribution in [-0.2, 0) is 4.79 Å². The lowest BCUT2D eigenvalue weighted by Crippen LogP contribution is -2.29. The van der Waals surface area contributed by atoms with Crippen LogP contribution >= 0.6 is 12.2 Å². The van der Waals surface area contributed by atoms with Crippen LogP contribution in [0.4, 0.5) is 0 Å². The average molecular weight is 361 g/mol. The van der Waals surface area contributed by atoms with Gasteiger partial charge in [0.2, 0.25) is 5.91 Å². The molecular weight excluding hydrogens is 338 g/mol. The van der Waals surface area contributed by atoms with Gasteiger partial charge in [0.1, 0.15) is 6.04 Å². The summed E-state index contributed by atoms with van der Waals surface area (Å²) in [4.78, 5) is 27.7. The van der Waals surface area contributed by atoms with Crippen LogP contribution in [0.25, 0.3) is 0 Å². The lowest BCUT2D eigenvalue weighted by Gasteiger charge is -2.10. The number of hydrazone groups is 1. The van der Waals surface area contributed by atoms with Crippen LogP contribution in [0.3, 0.4) is 0 Å². The van der Waals surface area contributed by atoms with E-state index in [2.05, 4.69) is 33.1 Å². The van der Waals surface area contributed by atoms with E-state index in [1.807, 2.05) is 0 Å². The molecule has 1 aliphatic heterocycles. The first-order chi connectivity index (χ1) is 12.1. The number of rotatable bonds is 9. The Hall–Kier alpha value is -2.35. The van der Waals surface area contributed by atoms with E-state index in [4.69, 9.17) is 12.2 Å². The Bertz CT molecular complexity index is 648. The molecule has 2 rings (SSSR count). The van der Waals surface area contributed by atoms with Gasteiger partial charge in [0.05, 0.1) is 0 Å². The molecular formula is C17H23N5O2S. The Morgan fingerprint density at radius 1 is 1.32 bits per heavy atom. The van der Waals surface area contributed by atoms with Gasteiger partial charge in [-0.05, 0) is 50.0 Å². The van der Waals surface area contributed by atoms with Crippen molar-refractivity contribution in [1.82, 2.24) is 21.0 Å². The van der Waals surface area contributed by atoms with Crippen LogP contribution in [0.2, 0.25) is 0 Å². The molecule has 0 aromatic carbocycles. The van der Waals surface area contributed by atoms with Crippen LogP contribution in [0.1, 0.15) is 55.8 Å². The summed E-state index contributed by atoms with van der Waals surface area (Å²) in [5.41, 5.74) is 3.98. The number of thiocarbonyl (C=S) groups is 1. The van der Waals surface area contributed by atoms with Crippen molar-refractivity contribution in [2.75, 3.05) is 0 Å². The van der Waals surface area contributed by atoms with E-state index in [1.165, 1.54) is 0 Å². The van der Waals surface area contributed by atoms with E-state index in [-0.39, 0.29) is 17.9 Å². The van der Waals surface area contributed by atoms with Gasteiger partial charge in [-0.15, -0.1) is 0 Å². The van der Waals surface area contributed by atoms with Crippen LogP contribution in [0, 0.1) is 0 Å². The molecule has 1 fully saturated rings. The highest BCUT2D eigenvalue weighted by Crippen LogP contribution is 2.09. The van der Waals surface area contributed by atoms with Crippen LogP contribution in [0.15, 0.2) is 29.6 Å². The van der Waals surface area contributed by atoms with Crippen molar-refractivity contribution < 1.29 is 9.59 Å². The summed E-state index contributed by atoms with van der Waals surface area (Å²) in [5, 5.41) is 10.2. The molecule has 0 bridgehead atoms. The number of carbonyl (C=O) groups excluding carboxylic acids is 2. The Morgan fingerprint density at radius 3 is 2.72 bits per heavy atom. The Balaban J connectivity index is 1.93. The third kappa shape index (κ3) is 6.22. The fourth-order valence-corrected chi connectivity index (χ4v) is 2.73. The summed E-state index contributed by atoms with van der Waals surface area (Å²) in [6.45, 7) is 2.13. The number of nitrogens with one attached hydrogen (secondary N) is 3. The summed E-state index contributed by atoms with van der Waals surface area (Å²) in [7, 11) is 0. The molecule has 134 valence electrons. The molecule has 1 saturated heterocycles. The monoisotopic (exact) mass is 361 g/mol. The summed E-state index contributed by atoms with van der Waals surface area (Å²) in [6, 6.07) is 2.93. The number of unbranched alkanes of at least 4 members (excludes halogenated alkanes) is 2. The maximum absolute atomic E-state index is 12.1. The smallest absolute Gasteiger partial charge is 0.271 e. The highest BCUT2D eigenvalue weighted by molar-refractivity contribution is 7.80. The molecule has 3 N–H and O–H groups in total. The molecule has 2 amide bonds. The van der Waals surface area contributed by atoms with Crippen molar-refractivity contribution in [3.63, 3.8) is 0 Å². The number of carbonyl (C=O) groups is 2. The minimum absolute atomic E-state index is 0.112. The fourth-order valence-electron chi connectivity index (χ4n) is 2.49. The van der Waals surface area contributed by atoms with Gasteiger partial charge in [0.25, 0.3) is 5.91 Å². The first-order valence-corrected chi connectivity index (χ1v) is 8.88. The predicted molar refractivity (Wildman–Crippen MR) is 100 cm³/mol. The predicted octanol–water partition coefficient (Wildman–Crippen LogP) is 1.90. The number of aromatic nitrogens is 1.